The van der Waals surface area contributed by atoms with Crippen molar-refractivity contribution in [3.05, 3.63) is 17.5 Å². The molecule has 112 valence electrons. The summed E-state index contributed by atoms with van der Waals surface area (Å²) in [4.78, 5) is 2.60. The van der Waals surface area contributed by atoms with Gasteiger partial charge in [-0.05, 0) is 52.4 Å². The standard InChI is InChI=1S/C16H27N3O/c1-16(2,3)17-9-13-8-15(20-18-13)11-19(14-6-7-14)10-12-4-5-12/h8,12,14,17H,4-7,9-11H2,1-3H3. The van der Waals surface area contributed by atoms with Gasteiger partial charge < -0.3 is 9.84 Å². The highest BCUT2D eigenvalue weighted by Crippen LogP contribution is 2.35. The molecule has 0 amide bonds. The lowest BCUT2D eigenvalue weighted by Crippen LogP contribution is -2.35. The molecule has 0 saturated heterocycles. The number of hydrogen-bond donors (Lipinski definition) is 1. The van der Waals surface area contributed by atoms with E-state index >= 15 is 0 Å². The summed E-state index contributed by atoms with van der Waals surface area (Å²) >= 11 is 0. The smallest absolute Gasteiger partial charge is 0.151 e. The fourth-order valence-electron chi connectivity index (χ4n) is 2.48. The summed E-state index contributed by atoms with van der Waals surface area (Å²) in [7, 11) is 0. The van der Waals surface area contributed by atoms with Gasteiger partial charge in [0.25, 0.3) is 0 Å². The van der Waals surface area contributed by atoms with Crippen molar-refractivity contribution < 1.29 is 4.52 Å². The van der Waals surface area contributed by atoms with Gasteiger partial charge in [0, 0.05) is 30.7 Å². The van der Waals surface area contributed by atoms with E-state index in [1.54, 1.807) is 0 Å². The minimum atomic E-state index is 0.116. The van der Waals surface area contributed by atoms with E-state index in [1.165, 1.54) is 32.2 Å². The summed E-state index contributed by atoms with van der Waals surface area (Å²) in [5, 5.41) is 7.63. The summed E-state index contributed by atoms with van der Waals surface area (Å²) in [5.41, 5.74) is 1.13. The first-order valence-corrected chi connectivity index (χ1v) is 7.93. The van der Waals surface area contributed by atoms with Crippen LogP contribution in [0.5, 0.6) is 0 Å². The van der Waals surface area contributed by atoms with Gasteiger partial charge in [0.05, 0.1) is 12.2 Å². The van der Waals surface area contributed by atoms with Crippen molar-refractivity contribution in [2.24, 2.45) is 5.92 Å². The molecule has 1 aromatic heterocycles. The van der Waals surface area contributed by atoms with Crippen LogP contribution in [0.2, 0.25) is 0 Å². The molecule has 2 aliphatic rings. The van der Waals surface area contributed by atoms with Crippen molar-refractivity contribution in [2.75, 3.05) is 6.54 Å². The topological polar surface area (TPSA) is 41.3 Å². The second-order valence-corrected chi connectivity index (χ2v) is 7.49. The third-order valence-electron chi connectivity index (χ3n) is 4.02. The maximum atomic E-state index is 5.51. The minimum absolute atomic E-state index is 0.116. The van der Waals surface area contributed by atoms with E-state index in [0.29, 0.717) is 0 Å². The van der Waals surface area contributed by atoms with Gasteiger partial charge in [0.1, 0.15) is 0 Å². The molecule has 0 radical (unpaired) electrons. The highest BCUT2D eigenvalue weighted by molar-refractivity contribution is 5.06. The number of aromatic nitrogens is 1. The molecule has 0 atom stereocenters. The van der Waals surface area contributed by atoms with Crippen LogP contribution in [0.1, 0.15) is 57.9 Å². The molecule has 0 spiro atoms. The van der Waals surface area contributed by atoms with E-state index in [1.807, 2.05) is 0 Å². The lowest BCUT2D eigenvalue weighted by Gasteiger charge is -2.20. The van der Waals surface area contributed by atoms with Crippen molar-refractivity contribution in [2.45, 2.75) is 71.1 Å². The predicted octanol–water partition coefficient (Wildman–Crippen LogP) is 2.94. The first-order chi connectivity index (χ1) is 9.49. The van der Waals surface area contributed by atoms with Gasteiger partial charge in [-0.1, -0.05) is 5.16 Å². The fourth-order valence-corrected chi connectivity index (χ4v) is 2.48. The summed E-state index contributed by atoms with van der Waals surface area (Å²) in [6, 6.07) is 2.91. The average molecular weight is 277 g/mol. The van der Waals surface area contributed by atoms with Crippen molar-refractivity contribution in [1.82, 2.24) is 15.4 Å². The molecular formula is C16H27N3O. The molecule has 4 nitrogen and oxygen atoms in total. The molecule has 1 aromatic rings. The molecule has 20 heavy (non-hydrogen) atoms. The van der Waals surface area contributed by atoms with Gasteiger partial charge in [-0.15, -0.1) is 0 Å². The molecule has 2 fully saturated rings. The molecule has 0 aromatic carbocycles. The van der Waals surface area contributed by atoms with E-state index in [-0.39, 0.29) is 5.54 Å². The predicted molar refractivity (Wildman–Crippen MR) is 79.3 cm³/mol. The molecule has 4 heteroatoms. The van der Waals surface area contributed by atoms with Gasteiger partial charge >= 0.3 is 0 Å². The second kappa shape index (κ2) is 5.49. The average Bonchev–Trinajstić information content (AvgIpc) is 3.25. The van der Waals surface area contributed by atoms with Crippen molar-refractivity contribution in [3.8, 4) is 0 Å². The lowest BCUT2D eigenvalue weighted by molar-refractivity contribution is 0.213. The monoisotopic (exact) mass is 277 g/mol. The highest BCUT2D eigenvalue weighted by Gasteiger charge is 2.34. The Hall–Kier alpha value is -0.870. The molecule has 0 unspecified atom stereocenters. The molecule has 2 saturated carbocycles. The van der Waals surface area contributed by atoms with E-state index in [2.05, 4.69) is 42.2 Å². The Labute approximate surface area is 121 Å². The zero-order chi connectivity index (χ0) is 14.2. The largest absolute Gasteiger partial charge is 0.360 e. The first kappa shape index (κ1) is 14.1. The normalized spacial score (nSPS) is 19.8. The van der Waals surface area contributed by atoms with E-state index in [9.17, 15) is 0 Å². The Bertz CT molecular complexity index is 441. The molecule has 3 rings (SSSR count). The Morgan fingerprint density at radius 3 is 2.65 bits per heavy atom. The van der Waals surface area contributed by atoms with Crippen LogP contribution in [0.15, 0.2) is 10.6 Å². The zero-order valence-electron chi connectivity index (χ0n) is 13.0. The lowest BCUT2D eigenvalue weighted by atomic mass is 10.1. The highest BCUT2D eigenvalue weighted by atomic mass is 16.5. The van der Waals surface area contributed by atoms with E-state index < -0.39 is 0 Å². The summed E-state index contributed by atoms with van der Waals surface area (Å²) in [6.45, 7) is 9.46. The van der Waals surface area contributed by atoms with Crippen LogP contribution in [0.4, 0.5) is 0 Å². The van der Waals surface area contributed by atoms with E-state index in [4.69, 9.17) is 4.52 Å². The van der Waals surface area contributed by atoms with Gasteiger partial charge in [-0.3, -0.25) is 4.90 Å². The maximum Gasteiger partial charge on any atom is 0.151 e. The summed E-state index contributed by atoms with van der Waals surface area (Å²) in [5.74, 6) is 1.96. The number of hydrogen-bond acceptors (Lipinski definition) is 4. The number of rotatable bonds is 7. The van der Waals surface area contributed by atoms with E-state index in [0.717, 1.165) is 36.5 Å². The maximum absolute atomic E-state index is 5.51. The number of nitrogens with zero attached hydrogens (tertiary/aromatic N) is 2. The molecule has 0 aliphatic heterocycles. The third-order valence-corrected chi connectivity index (χ3v) is 4.02. The minimum Gasteiger partial charge on any atom is -0.360 e. The van der Waals surface area contributed by atoms with Crippen LogP contribution in [0.25, 0.3) is 0 Å². The van der Waals surface area contributed by atoms with Gasteiger partial charge in [0.15, 0.2) is 5.76 Å². The number of nitrogens with one attached hydrogen (secondary N) is 1. The Morgan fingerprint density at radius 2 is 2.05 bits per heavy atom. The van der Waals surface area contributed by atoms with Gasteiger partial charge in [0.2, 0.25) is 0 Å². The quantitative estimate of drug-likeness (QED) is 0.832. The van der Waals surface area contributed by atoms with Gasteiger partial charge in [-0.25, -0.2) is 0 Å². The SMILES string of the molecule is CC(C)(C)NCc1cc(CN(CC2CC2)C2CC2)on1. The van der Waals surface area contributed by atoms with Crippen LogP contribution in [-0.4, -0.2) is 28.2 Å². The van der Waals surface area contributed by atoms with Crippen LogP contribution < -0.4 is 5.32 Å². The molecular weight excluding hydrogens is 250 g/mol. The first-order valence-electron chi connectivity index (χ1n) is 7.93. The fraction of sp³-hybridized carbons (Fsp3) is 0.812. The Kier molecular flexibility index (Phi) is 3.87. The van der Waals surface area contributed by atoms with Crippen LogP contribution in [0.3, 0.4) is 0 Å². The molecule has 1 N–H and O–H groups in total. The second-order valence-electron chi connectivity index (χ2n) is 7.49. The molecule has 0 bridgehead atoms. The van der Waals surface area contributed by atoms with Crippen molar-refractivity contribution >= 4 is 0 Å². The molecule has 2 aliphatic carbocycles. The summed E-state index contributed by atoms with van der Waals surface area (Å²) < 4.78 is 5.51. The third kappa shape index (κ3) is 4.32. The zero-order valence-corrected chi connectivity index (χ0v) is 13.0. The van der Waals surface area contributed by atoms with Gasteiger partial charge in [-0.2, -0.15) is 0 Å². The molecule has 1 heterocycles. The summed E-state index contributed by atoms with van der Waals surface area (Å²) in [6.07, 6.45) is 5.55. The Morgan fingerprint density at radius 1 is 1.30 bits per heavy atom. The van der Waals surface area contributed by atoms with Crippen LogP contribution in [-0.2, 0) is 13.1 Å². The Balaban J connectivity index is 1.52. The van der Waals surface area contributed by atoms with Crippen molar-refractivity contribution in [1.29, 1.82) is 0 Å². The van der Waals surface area contributed by atoms with Crippen LogP contribution in [0, 0.1) is 5.92 Å². The van der Waals surface area contributed by atoms with Crippen molar-refractivity contribution in [3.63, 3.8) is 0 Å². The van der Waals surface area contributed by atoms with Crippen LogP contribution >= 0.6 is 0 Å².